The fourth-order valence-electron chi connectivity index (χ4n) is 8.18. The molecule has 0 saturated heterocycles. The summed E-state index contributed by atoms with van der Waals surface area (Å²) in [5.41, 5.74) is 13.6. The van der Waals surface area contributed by atoms with Gasteiger partial charge in [-0.15, -0.1) is 29.3 Å². The number of phenols is 1. The van der Waals surface area contributed by atoms with Crippen LogP contribution in [0.15, 0.2) is 150 Å². The first-order valence-electron chi connectivity index (χ1n) is 21.0. The van der Waals surface area contributed by atoms with Crippen LogP contribution >= 0.6 is 0 Å². The number of hydrogen-bond donors (Lipinski definition) is 1. The molecule has 4 nitrogen and oxygen atoms in total. The smallest absolute Gasteiger partial charge is 0.230 e. The van der Waals surface area contributed by atoms with Crippen LogP contribution in [-0.4, -0.2) is 15.1 Å². The van der Waals surface area contributed by atoms with Crippen molar-refractivity contribution >= 4 is 11.1 Å². The Morgan fingerprint density at radius 2 is 1.10 bits per heavy atom. The standard InChI is InChI=1S/C56H55N2O2.Pt/c1-53(2,3)43-34-46(51(59)47(35-43)54(4,5)6)52-58-50-45(22-17-23-49(50)60-52)38-30-39(32-44(31-38)56(9,10)41-20-15-12-16-21-41)48-33-37(28-29-57-48)36-24-26-42(27-25-36)55(7,8)40-18-13-11-14-19-40;/h11-29,31-35,59H,1-10H3;/q-1;. The van der Waals surface area contributed by atoms with Crippen LogP contribution in [0.1, 0.15) is 103 Å². The van der Waals surface area contributed by atoms with Gasteiger partial charge in [0.05, 0.1) is 11.1 Å². The van der Waals surface area contributed by atoms with Gasteiger partial charge in [-0.3, -0.25) is 4.98 Å². The molecule has 2 aromatic heterocycles. The Morgan fingerprint density at radius 3 is 1.70 bits per heavy atom. The third-order valence-electron chi connectivity index (χ3n) is 12.3. The van der Waals surface area contributed by atoms with Crippen molar-refractivity contribution in [3.63, 3.8) is 0 Å². The van der Waals surface area contributed by atoms with Crippen LogP contribution < -0.4 is 0 Å². The van der Waals surface area contributed by atoms with Crippen molar-refractivity contribution in [1.82, 2.24) is 9.97 Å². The minimum Gasteiger partial charge on any atom is -0.507 e. The van der Waals surface area contributed by atoms with E-state index in [1.165, 1.54) is 16.7 Å². The first kappa shape index (κ1) is 43.5. The summed E-state index contributed by atoms with van der Waals surface area (Å²) in [4.78, 5) is 10.1. The Morgan fingerprint density at radius 1 is 0.508 bits per heavy atom. The van der Waals surface area contributed by atoms with Gasteiger partial charge in [-0.2, -0.15) is 0 Å². The maximum atomic E-state index is 11.8. The van der Waals surface area contributed by atoms with Gasteiger partial charge in [-0.25, -0.2) is 4.98 Å². The molecule has 312 valence electrons. The van der Waals surface area contributed by atoms with Crippen molar-refractivity contribution < 1.29 is 30.6 Å². The van der Waals surface area contributed by atoms with Crippen molar-refractivity contribution in [1.29, 1.82) is 0 Å². The maximum Gasteiger partial charge on any atom is 0.230 e. The molecule has 0 saturated carbocycles. The van der Waals surface area contributed by atoms with Crippen LogP contribution in [0.4, 0.5) is 0 Å². The molecule has 0 atom stereocenters. The molecule has 5 heteroatoms. The Hall–Kier alpha value is -5.57. The Kier molecular flexibility index (Phi) is 11.7. The molecule has 8 aromatic rings. The zero-order chi connectivity index (χ0) is 42.6. The number of benzene rings is 6. The molecule has 0 radical (unpaired) electrons. The van der Waals surface area contributed by atoms with E-state index in [0.717, 1.165) is 50.2 Å². The quantitative estimate of drug-likeness (QED) is 0.154. The number of aromatic hydroxyl groups is 1. The van der Waals surface area contributed by atoms with Gasteiger partial charge in [0.2, 0.25) is 5.89 Å². The van der Waals surface area contributed by atoms with Crippen molar-refractivity contribution in [3.05, 3.63) is 185 Å². The first-order chi connectivity index (χ1) is 28.4. The van der Waals surface area contributed by atoms with Crippen LogP contribution in [0.3, 0.4) is 0 Å². The van der Waals surface area contributed by atoms with Gasteiger partial charge >= 0.3 is 0 Å². The molecule has 8 rings (SSSR count). The number of pyridine rings is 1. The monoisotopic (exact) mass is 982 g/mol. The van der Waals surface area contributed by atoms with Crippen LogP contribution in [0.25, 0.3) is 56.1 Å². The first-order valence-corrected chi connectivity index (χ1v) is 21.0. The van der Waals surface area contributed by atoms with Crippen molar-refractivity contribution in [2.24, 2.45) is 0 Å². The molecule has 0 amide bonds. The van der Waals surface area contributed by atoms with Gasteiger partial charge in [-0.05, 0) is 62.4 Å². The van der Waals surface area contributed by atoms with E-state index in [1.54, 1.807) is 0 Å². The Balaban J connectivity index is 0.00000561. The number of fused-ring (bicyclic) bond motifs is 1. The maximum absolute atomic E-state index is 11.8. The van der Waals surface area contributed by atoms with E-state index in [1.807, 2.05) is 24.4 Å². The van der Waals surface area contributed by atoms with Gasteiger partial charge in [0.25, 0.3) is 0 Å². The molecule has 0 spiro atoms. The Labute approximate surface area is 376 Å². The number of aromatic nitrogens is 2. The zero-order valence-corrected chi connectivity index (χ0v) is 39.2. The van der Waals surface area contributed by atoms with Crippen molar-refractivity contribution in [2.45, 2.75) is 90.9 Å². The molecular weight excluding hydrogens is 928 g/mol. The topological polar surface area (TPSA) is 59.2 Å². The molecule has 0 unspecified atom stereocenters. The predicted octanol–water partition coefficient (Wildman–Crippen LogP) is 14.6. The van der Waals surface area contributed by atoms with E-state index in [2.05, 4.69) is 197 Å². The second-order valence-corrected chi connectivity index (χ2v) is 19.3. The predicted molar refractivity (Wildman–Crippen MR) is 249 cm³/mol. The van der Waals surface area contributed by atoms with E-state index in [9.17, 15) is 5.11 Å². The third kappa shape index (κ3) is 8.53. The molecular formula is C56H55N2O2Pt-. The second-order valence-electron chi connectivity index (χ2n) is 19.3. The normalized spacial score (nSPS) is 12.4. The van der Waals surface area contributed by atoms with Crippen molar-refractivity contribution in [2.75, 3.05) is 0 Å². The average Bonchev–Trinajstić information content (AvgIpc) is 3.68. The summed E-state index contributed by atoms with van der Waals surface area (Å²) in [5.74, 6) is 0.588. The fourth-order valence-corrected chi connectivity index (χ4v) is 8.18. The van der Waals surface area contributed by atoms with Crippen LogP contribution in [0, 0.1) is 6.07 Å². The largest absolute Gasteiger partial charge is 0.507 e. The summed E-state index contributed by atoms with van der Waals surface area (Å²) < 4.78 is 6.54. The molecule has 1 N–H and O–H groups in total. The van der Waals surface area contributed by atoms with E-state index >= 15 is 0 Å². The minimum atomic E-state index is -0.343. The molecule has 0 bridgehead atoms. The van der Waals surface area contributed by atoms with Crippen LogP contribution in [0.5, 0.6) is 5.75 Å². The fraction of sp³-hybridized carbons (Fsp3) is 0.250. The summed E-state index contributed by atoms with van der Waals surface area (Å²) in [6.45, 7) is 22.0. The third-order valence-corrected chi connectivity index (χ3v) is 12.3. The Bertz CT molecular complexity index is 2820. The van der Waals surface area contributed by atoms with Crippen LogP contribution in [0.2, 0.25) is 0 Å². The number of para-hydroxylation sites is 1. The van der Waals surface area contributed by atoms with Gasteiger partial charge in [0.1, 0.15) is 11.3 Å². The molecule has 0 aliphatic carbocycles. The molecule has 0 aliphatic rings. The number of hydrogen-bond acceptors (Lipinski definition) is 4. The molecule has 0 aliphatic heterocycles. The van der Waals surface area contributed by atoms with E-state index in [0.29, 0.717) is 22.6 Å². The molecule has 6 aromatic carbocycles. The van der Waals surface area contributed by atoms with Crippen molar-refractivity contribution in [3.8, 4) is 50.7 Å². The number of rotatable bonds is 8. The van der Waals surface area contributed by atoms with E-state index < -0.39 is 0 Å². The molecule has 61 heavy (non-hydrogen) atoms. The van der Waals surface area contributed by atoms with Gasteiger partial charge in [-0.1, -0.05) is 190 Å². The molecule has 2 heterocycles. The number of oxazole rings is 1. The van der Waals surface area contributed by atoms with Gasteiger partial charge in [0, 0.05) is 49.3 Å². The number of nitrogens with zero attached hydrogens (tertiary/aromatic N) is 2. The molecule has 0 fully saturated rings. The van der Waals surface area contributed by atoms with E-state index in [4.69, 9.17) is 14.4 Å². The van der Waals surface area contributed by atoms with Crippen LogP contribution in [-0.2, 0) is 42.7 Å². The van der Waals surface area contributed by atoms with Gasteiger partial charge in [0.15, 0.2) is 0 Å². The summed E-state index contributed by atoms with van der Waals surface area (Å²) >= 11 is 0. The summed E-state index contributed by atoms with van der Waals surface area (Å²) in [5, 5.41) is 11.8. The zero-order valence-electron chi connectivity index (χ0n) is 36.9. The second kappa shape index (κ2) is 16.4. The summed E-state index contributed by atoms with van der Waals surface area (Å²) in [6.07, 6.45) is 1.89. The summed E-state index contributed by atoms with van der Waals surface area (Å²) in [7, 11) is 0. The SMILES string of the molecule is CC(C)(C)c1cc(-c2nc3c(-c4[c-]c(-c5cc(-c6ccc(C(C)(C)c7ccccc7)cc6)ccn5)cc(C(C)(C)c5ccccc5)c4)cccc3o2)c(O)c(C(C)(C)C)c1.[Pt]. The minimum absolute atomic E-state index is 0. The van der Waals surface area contributed by atoms with E-state index in [-0.39, 0.29) is 48.5 Å². The average molecular weight is 983 g/mol. The summed E-state index contributed by atoms with van der Waals surface area (Å²) in [6, 6.07) is 52.9. The van der Waals surface area contributed by atoms with Gasteiger partial charge < -0.3 is 9.52 Å². The number of phenolic OH excluding ortho intramolecular Hbond substituents is 1.